The number of aromatic nitrogens is 1. The molecule has 0 unspecified atom stereocenters. The first kappa shape index (κ1) is 11.7. The summed E-state index contributed by atoms with van der Waals surface area (Å²) in [6, 6.07) is 6.89. The second kappa shape index (κ2) is 4.37. The summed E-state index contributed by atoms with van der Waals surface area (Å²) in [6.07, 6.45) is 0. The van der Waals surface area contributed by atoms with Crippen LogP contribution < -0.4 is 0 Å². The summed E-state index contributed by atoms with van der Waals surface area (Å²) in [7, 11) is 0. The van der Waals surface area contributed by atoms with E-state index in [4.69, 9.17) is 0 Å². The second-order valence-corrected chi connectivity index (χ2v) is 6.35. The summed E-state index contributed by atoms with van der Waals surface area (Å²) in [5.74, 6) is 0.262. The van der Waals surface area contributed by atoms with Crippen molar-refractivity contribution in [2.75, 3.05) is 0 Å². The molecule has 1 N–H and O–H groups in total. The SMILES string of the molecule is O=C1c2sc(Br)nc2CN1Cc1ccc(O)cc1. The lowest BCUT2D eigenvalue weighted by Gasteiger charge is -2.15. The van der Waals surface area contributed by atoms with Crippen molar-refractivity contribution in [2.24, 2.45) is 0 Å². The number of aromatic hydroxyl groups is 1. The van der Waals surface area contributed by atoms with Gasteiger partial charge in [-0.05, 0) is 33.6 Å². The fourth-order valence-electron chi connectivity index (χ4n) is 1.94. The lowest BCUT2D eigenvalue weighted by molar-refractivity contribution is 0.0769. The summed E-state index contributed by atoms with van der Waals surface area (Å²) in [4.78, 5) is 18.9. The lowest BCUT2D eigenvalue weighted by atomic mass is 10.2. The molecule has 2 aromatic rings. The number of benzene rings is 1. The van der Waals surface area contributed by atoms with Crippen LogP contribution in [0.15, 0.2) is 28.2 Å². The van der Waals surface area contributed by atoms with Crippen LogP contribution in [-0.4, -0.2) is 20.9 Å². The van der Waals surface area contributed by atoms with Gasteiger partial charge in [0.2, 0.25) is 0 Å². The van der Waals surface area contributed by atoms with Crippen LogP contribution in [0.3, 0.4) is 0 Å². The van der Waals surface area contributed by atoms with Gasteiger partial charge in [0.25, 0.3) is 5.91 Å². The molecule has 92 valence electrons. The van der Waals surface area contributed by atoms with Gasteiger partial charge >= 0.3 is 0 Å². The highest BCUT2D eigenvalue weighted by Crippen LogP contribution is 2.31. The van der Waals surface area contributed by atoms with Crippen LogP contribution in [-0.2, 0) is 13.1 Å². The quantitative estimate of drug-likeness (QED) is 0.924. The minimum atomic E-state index is 0.0290. The largest absolute Gasteiger partial charge is 0.508 e. The van der Waals surface area contributed by atoms with E-state index in [1.165, 1.54) is 11.3 Å². The van der Waals surface area contributed by atoms with Crippen LogP contribution in [0.1, 0.15) is 20.9 Å². The van der Waals surface area contributed by atoms with E-state index < -0.39 is 0 Å². The molecule has 0 fully saturated rings. The van der Waals surface area contributed by atoms with Crippen molar-refractivity contribution in [2.45, 2.75) is 13.1 Å². The Bertz CT molecular complexity index is 609. The highest BCUT2D eigenvalue weighted by atomic mass is 79.9. The fourth-order valence-corrected chi connectivity index (χ4v) is 3.41. The van der Waals surface area contributed by atoms with Crippen molar-refractivity contribution >= 4 is 33.2 Å². The number of carbonyl (C=O) groups excluding carboxylic acids is 1. The Morgan fingerprint density at radius 3 is 2.78 bits per heavy atom. The van der Waals surface area contributed by atoms with Crippen molar-refractivity contribution in [1.29, 1.82) is 0 Å². The maximum absolute atomic E-state index is 12.1. The maximum Gasteiger partial charge on any atom is 0.266 e. The third-order valence-corrected chi connectivity index (χ3v) is 4.34. The molecule has 1 aromatic heterocycles. The number of thiazole rings is 1. The van der Waals surface area contributed by atoms with Gasteiger partial charge in [-0.1, -0.05) is 12.1 Å². The zero-order valence-corrected chi connectivity index (χ0v) is 11.7. The fraction of sp³-hybridized carbons (Fsp3) is 0.167. The van der Waals surface area contributed by atoms with E-state index in [1.807, 2.05) is 12.1 Å². The van der Waals surface area contributed by atoms with E-state index in [2.05, 4.69) is 20.9 Å². The van der Waals surface area contributed by atoms with Gasteiger partial charge < -0.3 is 10.0 Å². The minimum absolute atomic E-state index is 0.0290. The van der Waals surface area contributed by atoms with Gasteiger partial charge in [0.1, 0.15) is 10.6 Å². The van der Waals surface area contributed by atoms with Gasteiger partial charge in [0, 0.05) is 6.54 Å². The topological polar surface area (TPSA) is 53.4 Å². The molecule has 0 saturated carbocycles. The summed E-state index contributed by atoms with van der Waals surface area (Å²) in [5, 5.41) is 9.21. The minimum Gasteiger partial charge on any atom is -0.508 e. The Hall–Kier alpha value is -1.40. The van der Waals surface area contributed by atoms with E-state index in [1.54, 1.807) is 17.0 Å². The van der Waals surface area contributed by atoms with Gasteiger partial charge in [-0.2, -0.15) is 0 Å². The normalized spacial score (nSPS) is 14.1. The molecule has 0 spiro atoms. The molecule has 6 heteroatoms. The number of hydrogen-bond donors (Lipinski definition) is 1. The molecule has 0 atom stereocenters. The first-order valence-electron chi connectivity index (χ1n) is 5.36. The zero-order chi connectivity index (χ0) is 12.7. The molecular weight excluding hydrogens is 316 g/mol. The molecule has 0 radical (unpaired) electrons. The van der Waals surface area contributed by atoms with Crippen LogP contribution >= 0.6 is 27.3 Å². The summed E-state index contributed by atoms with van der Waals surface area (Å²) in [5.41, 5.74) is 1.84. The number of phenols is 1. The van der Waals surface area contributed by atoms with E-state index in [0.717, 1.165) is 20.1 Å². The number of phenolic OH excluding ortho intramolecular Hbond substituents is 1. The van der Waals surface area contributed by atoms with Gasteiger partial charge in [0.05, 0.1) is 12.2 Å². The molecule has 1 aliphatic heterocycles. The van der Waals surface area contributed by atoms with E-state index >= 15 is 0 Å². The maximum atomic E-state index is 12.1. The highest BCUT2D eigenvalue weighted by Gasteiger charge is 2.31. The number of halogens is 1. The average Bonchev–Trinajstić information content (AvgIpc) is 2.82. The van der Waals surface area contributed by atoms with Crippen LogP contribution in [0.5, 0.6) is 5.75 Å². The Balaban J connectivity index is 1.78. The Morgan fingerprint density at radius 2 is 2.11 bits per heavy atom. The van der Waals surface area contributed by atoms with Gasteiger partial charge in [-0.3, -0.25) is 4.79 Å². The number of hydrogen-bond acceptors (Lipinski definition) is 4. The standard InChI is InChI=1S/C12H9BrN2O2S/c13-12-14-9-6-15(11(17)10(9)18-12)5-7-1-3-8(16)4-2-7/h1-4,16H,5-6H2. The molecule has 0 saturated heterocycles. The lowest BCUT2D eigenvalue weighted by Crippen LogP contribution is -2.23. The number of nitrogens with zero attached hydrogens (tertiary/aromatic N) is 2. The van der Waals surface area contributed by atoms with Crippen LogP contribution in [0.2, 0.25) is 0 Å². The predicted octanol–water partition coefficient (Wildman–Crippen LogP) is 2.77. The van der Waals surface area contributed by atoms with Crippen LogP contribution in [0.25, 0.3) is 0 Å². The third-order valence-electron chi connectivity index (χ3n) is 2.80. The Morgan fingerprint density at radius 1 is 1.39 bits per heavy atom. The number of carbonyl (C=O) groups is 1. The van der Waals surface area contributed by atoms with Crippen molar-refractivity contribution in [3.8, 4) is 5.75 Å². The average molecular weight is 325 g/mol. The molecule has 0 bridgehead atoms. The van der Waals surface area contributed by atoms with Crippen molar-refractivity contribution in [3.05, 3.63) is 44.3 Å². The van der Waals surface area contributed by atoms with Gasteiger partial charge in [0.15, 0.2) is 3.92 Å². The monoisotopic (exact) mass is 324 g/mol. The van der Waals surface area contributed by atoms with Gasteiger partial charge in [-0.15, -0.1) is 11.3 Å². The molecule has 4 nitrogen and oxygen atoms in total. The molecule has 0 aliphatic carbocycles. The first-order chi connectivity index (χ1) is 8.63. The van der Waals surface area contributed by atoms with Crippen molar-refractivity contribution in [3.63, 3.8) is 0 Å². The molecule has 1 aromatic carbocycles. The van der Waals surface area contributed by atoms with Crippen LogP contribution in [0.4, 0.5) is 0 Å². The molecule has 18 heavy (non-hydrogen) atoms. The number of rotatable bonds is 2. The molecular formula is C12H9BrN2O2S. The van der Waals surface area contributed by atoms with E-state index in [0.29, 0.717) is 13.1 Å². The number of amides is 1. The zero-order valence-electron chi connectivity index (χ0n) is 9.26. The molecule has 1 aliphatic rings. The predicted molar refractivity (Wildman–Crippen MR) is 71.5 cm³/mol. The van der Waals surface area contributed by atoms with Crippen molar-refractivity contribution < 1.29 is 9.90 Å². The van der Waals surface area contributed by atoms with E-state index in [9.17, 15) is 9.90 Å². The molecule has 1 amide bonds. The third kappa shape index (κ3) is 2.02. The van der Waals surface area contributed by atoms with Gasteiger partial charge in [-0.25, -0.2) is 4.98 Å². The first-order valence-corrected chi connectivity index (χ1v) is 6.97. The smallest absolute Gasteiger partial charge is 0.266 e. The summed E-state index contributed by atoms with van der Waals surface area (Å²) >= 11 is 4.66. The Kier molecular flexibility index (Phi) is 2.83. The highest BCUT2D eigenvalue weighted by molar-refractivity contribution is 9.11. The summed E-state index contributed by atoms with van der Waals surface area (Å²) < 4.78 is 0.755. The second-order valence-electron chi connectivity index (χ2n) is 4.07. The molecule has 2 heterocycles. The Labute approximate surface area is 116 Å². The van der Waals surface area contributed by atoms with E-state index in [-0.39, 0.29) is 11.7 Å². The van der Waals surface area contributed by atoms with Crippen molar-refractivity contribution in [1.82, 2.24) is 9.88 Å². The number of fused-ring (bicyclic) bond motifs is 1. The van der Waals surface area contributed by atoms with Crippen LogP contribution in [0, 0.1) is 0 Å². The summed E-state index contributed by atoms with van der Waals surface area (Å²) in [6.45, 7) is 1.09. The molecule has 3 rings (SSSR count).